The smallest absolute Gasteiger partial charge is 0.326 e. The van der Waals surface area contributed by atoms with E-state index in [1.54, 1.807) is 0 Å². The summed E-state index contributed by atoms with van der Waals surface area (Å²) in [6.07, 6.45) is 1.38. The number of hydrogen-bond acceptors (Lipinski definition) is 6. The molecule has 1 aliphatic rings. The molecule has 1 rings (SSSR count). The first kappa shape index (κ1) is 23.2. The molecular weight excluding hydrogens is 372 g/mol. The van der Waals surface area contributed by atoms with Gasteiger partial charge in [-0.15, -0.1) is 0 Å². The van der Waals surface area contributed by atoms with E-state index in [0.29, 0.717) is 25.8 Å². The van der Waals surface area contributed by atoms with Crippen LogP contribution in [0.4, 0.5) is 0 Å². The molecule has 0 aromatic heterocycles. The largest absolute Gasteiger partial charge is 0.480 e. The zero-order valence-electron chi connectivity index (χ0n) is 16.0. The van der Waals surface area contributed by atoms with Crippen molar-refractivity contribution in [2.75, 3.05) is 12.3 Å². The number of likely N-dealkylation sites (tertiary alicyclic amines) is 1. The summed E-state index contributed by atoms with van der Waals surface area (Å²) in [6, 6.07) is -3.44. The Morgan fingerprint density at radius 1 is 1.19 bits per heavy atom. The second-order valence-corrected chi connectivity index (χ2v) is 7.60. The molecule has 0 aromatic rings. The number of carboxylic acid groups (broad SMARTS) is 1. The molecule has 0 radical (unpaired) electrons. The van der Waals surface area contributed by atoms with Crippen LogP contribution in [0.5, 0.6) is 0 Å². The van der Waals surface area contributed by atoms with Gasteiger partial charge in [-0.1, -0.05) is 13.8 Å². The van der Waals surface area contributed by atoms with Gasteiger partial charge < -0.3 is 26.4 Å². The first-order valence-corrected chi connectivity index (χ1v) is 9.72. The summed E-state index contributed by atoms with van der Waals surface area (Å²) in [6.45, 7) is 5.66. The molecule has 3 amide bonds. The Labute approximate surface area is 164 Å². The molecule has 1 heterocycles. The fourth-order valence-corrected chi connectivity index (χ4v) is 3.14. The van der Waals surface area contributed by atoms with E-state index in [-0.39, 0.29) is 11.7 Å². The van der Waals surface area contributed by atoms with Crippen molar-refractivity contribution in [1.29, 1.82) is 0 Å². The van der Waals surface area contributed by atoms with Gasteiger partial charge in [-0.25, -0.2) is 4.79 Å². The first-order valence-electron chi connectivity index (χ1n) is 9.08. The lowest BCUT2D eigenvalue weighted by atomic mass is 10.0. The van der Waals surface area contributed by atoms with Crippen LogP contribution in [0.2, 0.25) is 0 Å². The Morgan fingerprint density at radius 3 is 2.33 bits per heavy atom. The second kappa shape index (κ2) is 10.5. The Hall–Kier alpha value is -1.81. The van der Waals surface area contributed by atoms with Crippen molar-refractivity contribution in [2.45, 2.75) is 64.2 Å². The third-order valence-electron chi connectivity index (χ3n) is 4.42. The Balaban J connectivity index is 2.76. The molecule has 0 aromatic carbocycles. The van der Waals surface area contributed by atoms with Gasteiger partial charge in [0.2, 0.25) is 17.7 Å². The Morgan fingerprint density at radius 2 is 1.81 bits per heavy atom. The van der Waals surface area contributed by atoms with Crippen molar-refractivity contribution in [1.82, 2.24) is 15.5 Å². The highest BCUT2D eigenvalue weighted by molar-refractivity contribution is 7.80. The summed E-state index contributed by atoms with van der Waals surface area (Å²) in [5, 5.41) is 14.4. The molecule has 0 saturated carbocycles. The normalized spacial score (nSPS) is 20.1. The Bertz CT molecular complexity index is 572. The zero-order chi connectivity index (χ0) is 20.7. The van der Waals surface area contributed by atoms with Gasteiger partial charge in [-0.2, -0.15) is 12.6 Å². The van der Waals surface area contributed by atoms with Crippen LogP contribution in [0.1, 0.15) is 40.0 Å². The number of thiol groups is 1. The van der Waals surface area contributed by atoms with Crippen molar-refractivity contribution in [3.8, 4) is 0 Å². The minimum atomic E-state index is -1.05. The molecule has 1 saturated heterocycles. The molecule has 1 aliphatic heterocycles. The molecular formula is C17H30N4O5S. The number of nitrogens with two attached hydrogens (primary N) is 1. The van der Waals surface area contributed by atoms with Gasteiger partial charge in [0.25, 0.3) is 0 Å². The lowest BCUT2D eigenvalue weighted by Crippen LogP contribution is -2.56. The molecule has 154 valence electrons. The number of nitrogens with zero attached hydrogens (tertiary/aromatic N) is 1. The Kier molecular flexibility index (Phi) is 9.04. The number of carbonyl (C=O) groups is 4. The van der Waals surface area contributed by atoms with E-state index >= 15 is 0 Å². The van der Waals surface area contributed by atoms with E-state index in [9.17, 15) is 24.3 Å². The van der Waals surface area contributed by atoms with Crippen molar-refractivity contribution in [3.63, 3.8) is 0 Å². The van der Waals surface area contributed by atoms with Gasteiger partial charge in [-0.05, 0) is 32.1 Å². The average molecular weight is 403 g/mol. The van der Waals surface area contributed by atoms with Crippen molar-refractivity contribution in [3.05, 3.63) is 0 Å². The van der Waals surface area contributed by atoms with E-state index in [0.717, 1.165) is 0 Å². The number of rotatable bonds is 9. The van der Waals surface area contributed by atoms with Crippen LogP contribution >= 0.6 is 12.6 Å². The van der Waals surface area contributed by atoms with Gasteiger partial charge in [0.15, 0.2) is 0 Å². The molecule has 5 N–H and O–H groups in total. The molecule has 0 spiro atoms. The number of hydrogen-bond donors (Lipinski definition) is 5. The third kappa shape index (κ3) is 6.69. The molecule has 4 unspecified atom stereocenters. The number of nitrogens with one attached hydrogen (secondary N) is 2. The zero-order valence-corrected chi connectivity index (χ0v) is 16.9. The topological polar surface area (TPSA) is 142 Å². The number of carboxylic acids is 1. The van der Waals surface area contributed by atoms with E-state index in [2.05, 4.69) is 23.3 Å². The maximum Gasteiger partial charge on any atom is 0.326 e. The molecule has 4 atom stereocenters. The molecule has 1 fully saturated rings. The lowest BCUT2D eigenvalue weighted by Gasteiger charge is -2.27. The number of aliphatic carboxylic acids is 1. The molecule has 27 heavy (non-hydrogen) atoms. The lowest BCUT2D eigenvalue weighted by molar-refractivity contribution is -0.149. The summed E-state index contributed by atoms with van der Waals surface area (Å²) in [4.78, 5) is 49.7. The van der Waals surface area contributed by atoms with Crippen molar-refractivity contribution < 1.29 is 24.3 Å². The van der Waals surface area contributed by atoms with Crippen LogP contribution in [0.3, 0.4) is 0 Å². The summed E-state index contributed by atoms with van der Waals surface area (Å²) in [5.41, 5.74) is 5.64. The van der Waals surface area contributed by atoms with Gasteiger partial charge in [-0.3, -0.25) is 14.4 Å². The summed E-state index contributed by atoms with van der Waals surface area (Å²) in [7, 11) is 0. The standard InChI is InChI=1S/C17H30N4O5S/c1-9(2)7-12(20-14(22)11(18)8-27)15(23)19-10(3)16(24)21-6-4-5-13(21)17(25)26/h9-13,27H,4-8,18H2,1-3H3,(H,19,23)(H,20,22)(H,25,26). The predicted molar refractivity (Wildman–Crippen MR) is 103 cm³/mol. The SMILES string of the molecule is CC(C)CC(NC(=O)C(N)CS)C(=O)NC(C)C(=O)N1CCCC1C(=O)O. The molecule has 9 nitrogen and oxygen atoms in total. The number of carbonyl (C=O) groups excluding carboxylic acids is 3. The quantitative estimate of drug-likeness (QED) is 0.325. The summed E-state index contributed by atoms with van der Waals surface area (Å²) >= 11 is 3.97. The molecule has 0 bridgehead atoms. The van der Waals surface area contributed by atoms with Crippen LogP contribution in [0.25, 0.3) is 0 Å². The number of amides is 3. The highest BCUT2D eigenvalue weighted by Gasteiger charge is 2.37. The monoisotopic (exact) mass is 402 g/mol. The van der Waals surface area contributed by atoms with Crippen LogP contribution < -0.4 is 16.4 Å². The van der Waals surface area contributed by atoms with Gasteiger partial charge in [0, 0.05) is 12.3 Å². The van der Waals surface area contributed by atoms with Crippen LogP contribution in [-0.2, 0) is 19.2 Å². The van der Waals surface area contributed by atoms with E-state index in [4.69, 9.17) is 5.73 Å². The average Bonchev–Trinajstić information content (AvgIpc) is 3.08. The second-order valence-electron chi connectivity index (χ2n) is 7.24. The molecule has 10 heteroatoms. The van der Waals surface area contributed by atoms with E-state index in [1.807, 2.05) is 13.8 Å². The first-order chi connectivity index (χ1) is 12.6. The summed E-state index contributed by atoms with van der Waals surface area (Å²) < 4.78 is 0. The van der Waals surface area contributed by atoms with E-state index in [1.165, 1.54) is 11.8 Å². The maximum absolute atomic E-state index is 12.6. The van der Waals surface area contributed by atoms with E-state index < -0.39 is 47.9 Å². The van der Waals surface area contributed by atoms with Crippen molar-refractivity contribution >= 4 is 36.3 Å². The van der Waals surface area contributed by atoms with Crippen LogP contribution in [0, 0.1) is 5.92 Å². The minimum Gasteiger partial charge on any atom is -0.480 e. The van der Waals surface area contributed by atoms with Gasteiger partial charge >= 0.3 is 5.97 Å². The van der Waals surface area contributed by atoms with Crippen LogP contribution in [-0.4, -0.2) is 70.2 Å². The summed E-state index contributed by atoms with van der Waals surface area (Å²) in [5.74, 6) is -2.23. The van der Waals surface area contributed by atoms with Gasteiger partial charge in [0.05, 0.1) is 6.04 Å². The maximum atomic E-state index is 12.6. The highest BCUT2D eigenvalue weighted by Crippen LogP contribution is 2.18. The fourth-order valence-electron chi connectivity index (χ4n) is 2.98. The minimum absolute atomic E-state index is 0.120. The highest BCUT2D eigenvalue weighted by atomic mass is 32.1. The predicted octanol–water partition coefficient (Wildman–Crippen LogP) is -0.645. The van der Waals surface area contributed by atoms with Crippen molar-refractivity contribution in [2.24, 2.45) is 11.7 Å². The molecule has 0 aliphatic carbocycles. The third-order valence-corrected chi connectivity index (χ3v) is 4.82. The fraction of sp³-hybridized carbons (Fsp3) is 0.765. The van der Waals surface area contributed by atoms with Crippen LogP contribution in [0.15, 0.2) is 0 Å². The van der Waals surface area contributed by atoms with Gasteiger partial charge in [0.1, 0.15) is 18.1 Å².